The summed E-state index contributed by atoms with van der Waals surface area (Å²) in [6, 6.07) is 7.08. The normalized spacial score (nSPS) is 12.8. The maximum atomic E-state index is 11.7. The molecular formula is C11H15O2S2+. The van der Waals surface area contributed by atoms with E-state index < -0.39 is 10.8 Å². The van der Waals surface area contributed by atoms with Crippen LogP contribution in [0.2, 0.25) is 0 Å². The van der Waals surface area contributed by atoms with Gasteiger partial charge < -0.3 is 0 Å². The fourth-order valence-corrected chi connectivity index (χ4v) is 2.45. The van der Waals surface area contributed by atoms with Crippen molar-refractivity contribution in [1.29, 1.82) is 0 Å². The minimum absolute atomic E-state index is 0.111. The molecule has 0 amide bonds. The summed E-state index contributed by atoms with van der Waals surface area (Å²) in [7, 11) is -0.907. The zero-order chi connectivity index (χ0) is 11.4. The first-order valence-electron chi connectivity index (χ1n) is 4.51. The number of carbonyl (C=O) groups is 1. The lowest BCUT2D eigenvalue weighted by molar-refractivity contribution is 0.102. The van der Waals surface area contributed by atoms with Crippen molar-refractivity contribution in [2.75, 3.05) is 24.5 Å². The topological polar surface area (TPSA) is 34.1 Å². The molecule has 2 nitrogen and oxygen atoms in total. The molecule has 0 radical (unpaired) electrons. The molecule has 1 unspecified atom stereocenters. The minimum Gasteiger partial charge on any atom is -0.289 e. The van der Waals surface area contributed by atoms with E-state index in [-0.39, 0.29) is 16.7 Å². The molecule has 0 bridgehead atoms. The van der Waals surface area contributed by atoms with Gasteiger partial charge in [-0.2, -0.15) is 0 Å². The van der Waals surface area contributed by atoms with Crippen LogP contribution < -0.4 is 0 Å². The molecule has 0 aliphatic carbocycles. The Morgan fingerprint density at radius 2 is 2.07 bits per heavy atom. The van der Waals surface area contributed by atoms with E-state index in [4.69, 9.17) is 0 Å². The van der Waals surface area contributed by atoms with Gasteiger partial charge in [0.05, 0.1) is 12.5 Å². The highest BCUT2D eigenvalue weighted by molar-refractivity contribution is 7.96. The largest absolute Gasteiger partial charge is 0.289 e. The molecule has 0 aliphatic heterocycles. The molecular weight excluding hydrogens is 228 g/mol. The monoisotopic (exact) mass is 243 g/mol. The number of benzene rings is 1. The maximum absolute atomic E-state index is 11.7. The first-order chi connectivity index (χ1) is 7.00. The first-order valence-corrected chi connectivity index (χ1v) is 8.28. The van der Waals surface area contributed by atoms with Crippen molar-refractivity contribution in [3.63, 3.8) is 0 Å². The van der Waals surface area contributed by atoms with Gasteiger partial charge >= 0.3 is 0 Å². The van der Waals surface area contributed by atoms with E-state index in [9.17, 15) is 9.00 Å². The molecule has 82 valence electrons. The van der Waals surface area contributed by atoms with Gasteiger partial charge in [0.1, 0.15) is 0 Å². The highest BCUT2D eigenvalue weighted by Gasteiger charge is 2.14. The van der Waals surface area contributed by atoms with Crippen molar-refractivity contribution in [2.45, 2.75) is 4.90 Å². The molecule has 4 heteroatoms. The second-order valence-electron chi connectivity index (χ2n) is 3.54. The molecule has 0 aliphatic rings. The van der Waals surface area contributed by atoms with Crippen molar-refractivity contribution in [3.05, 3.63) is 29.8 Å². The predicted octanol–water partition coefficient (Wildman–Crippen LogP) is 1.48. The second-order valence-corrected chi connectivity index (χ2v) is 7.17. The molecule has 0 N–H and O–H groups in total. The third kappa shape index (κ3) is 3.80. The van der Waals surface area contributed by atoms with Gasteiger partial charge in [-0.05, 0) is 23.0 Å². The lowest BCUT2D eigenvalue weighted by Gasteiger charge is -2.01. The van der Waals surface area contributed by atoms with Crippen LogP contribution in [0, 0.1) is 0 Å². The number of carbonyl (C=O) groups excluding carboxylic acids is 1. The van der Waals surface area contributed by atoms with Crippen molar-refractivity contribution < 1.29 is 9.00 Å². The van der Waals surface area contributed by atoms with Crippen LogP contribution in [0.1, 0.15) is 10.4 Å². The van der Waals surface area contributed by atoms with Crippen LogP contribution in [0.25, 0.3) is 0 Å². The van der Waals surface area contributed by atoms with Gasteiger partial charge in [-0.25, -0.2) is 0 Å². The summed E-state index contributed by atoms with van der Waals surface area (Å²) in [5, 5.41) is 0. The van der Waals surface area contributed by atoms with Gasteiger partial charge in [0.25, 0.3) is 0 Å². The lowest BCUT2D eigenvalue weighted by Crippen LogP contribution is -2.14. The van der Waals surface area contributed by atoms with E-state index in [1.54, 1.807) is 30.5 Å². The molecule has 0 aromatic heterocycles. The zero-order valence-electron chi connectivity index (χ0n) is 9.15. The van der Waals surface area contributed by atoms with Crippen LogP contribution in [-0.4, -0.2) is 34.5 Å². The predicted molar refractivity (Wildman–Crippen MR) is 67.2 cm³/mol. The fraction of sp³-hybridized carbons (Fsp3) is 0.364. The Hall–Kier alpha value is -0.610. The van der Waals surface area contributed by atoms with Crippen LogP contribution >= 0.6 is 0 Å². The molecule has 15 heavy (non-hydrogen) atoms. The van der Waals surface area contributed by atoms with E-state index in [1.807, 2.05) is 12.5 Å². The Labute approximate surface area is 95.9 Å². The van der Waals surface area contributed by atoms with E-state index in [0.29, 0.717) is 16.2 Å². The molecule has 0 spiro atoms. The summed E-state index contributed by atoms with van der Waals surface area (Å²) in [5.74, 6) is 0.704. The summed E-state index contributed by atoms with van der Waals surface area (Å²) >= 11 is 0. The van der Waals surface area contributed by atoms with Crippen molar-refractivity contribution >= 4 is 27.5 Å². The van der Waals surface area contributed by atoms with Gasteiger partial charge in [-0.15, -0.1) is 0 Å². The Morgan fingerprint density at radius 1 is 1.40 bits per heavy atom. The van der Waals surface area contributed by atoms with Crippen LogP contribution in [-0.2, 0) is 21.7 Å². The standard InChI is InChI=1S/C11H15O2S2/c1-14(2)8-11(12)9-5-4-6-10(7-9)15(3)13/h4-7H,8H2,1-3H3/q+1. The third-order valence-corrected chi connectivity index (χ3v) is 3.67. The second kappa shape index (κ2) is 5.47. The molecule has 1 rings (SSSR count). The van der Waals surface area contributed by atoms with E-state index >= 15 is 0 Å². The summed E-state index contributed by atoms with van der Waals surface area (Å²) in [6.07, 6.45) is 5.70. The Morgan fingerprint density at radius 3 is 2.60 bits per heavy atom. The van der Waals surface area contributed by atoms with Gasteiger partial charge in [0, 0.05) is 27.5 Å². The number of Topliss-reactive ketones (excluding diaryl/α,β-unsaturated/α-hetero) is 1. The van der Waals surface area contributed by atoms with Gasteiger partial charge in [0.2, 0.25) is 5.78 Å². The van der Waals surface area contributed by atoms with Crippen molar-refractivity contribution in [2.24, 2.45) is 0 Å². The van der Waals surface area contributed by atoms with Crippen LogP contribution in [0.5, 0.6) is 0 Å². The lowest BCUT2D eigenvalue weighted by atomic mass is 10.1. The van der Waals surface area contributed by atoms with E-state index in [2.05, 4.69) is 0 Å². The molecule has 1 aromatic rings. The number of hydrogen-bond donors (Lipinski definition) is 0. The molecule has 1 atom stereocenters. The highest BCUT2D eigenvalue weighted by Crippen LogP contribution is 2.10. The number of ketones is 1. The summed E-state index contributed by atoms with van der Waals surface area (Å²) < 4.78 is 11.2. The third-order valence-electron chi connectivity index (χ3n) is 1.91. The average Bonchev–Trinajstić information content (AvgIpc) is 2.17. The molecule has 1 aromatic carbocycles. The molecule has 0 saturated heterocycles. The SMILES string of the molecule is CS(=O)c1cccc(C(=O)C[S+](C)C)c1. The summed E-state index contributed by atoms with van der Waals surface area (Å²) in [5.41, 5.74) is 0.670. The van der Waals surface area contributed by atoms with Gasteiger partial charge in [-0.1, -0.05) is 12.1 Å². The molecule has 0 saturated carbocycles. The maximum Gasteiger partial charge on any atom is 0.211 e. The molecule has 0 fully saturated rings. The van der Waals surface area contributed by atoms with Crippen LogP contribution in [0.4, 0.5) is 0 Å². The van der Waals surface area contributed by atoms with Gasteiger partial charge in [-0.3, -0.25) is 9.00 Å². The van der Waals surface area contributed by atoms with E-state index in [0.717, 1.165) is 0 Å². The Bertz CT molecular complexity index is 386. The smallest absolute Gasteiger partial charge is 0.211 e. The number of hydrogen-bond acceptors (Lipinski definition) is 2. The zero-order valence-corrected chi connectivity index (χ0v) is 10.8. The highest BCUT2D eigenvalue weighted by atomic mass is 32.2. The first kappa shape index (κ1) is 12.5. The Balaban J connectivity index is 2.90. The van der Waals surface area contributed by atoms with Crippen molar-refractivity contribution in [3.8, 4) is 0 Å². The number of rotatable bonds is 4. The molecule has 0 heterocycles. The Kier molecular flexibility index (Phi) is 4.54. The van der Waals surface area contributed by atoms with Crippen LogP contribution in [0.3, 0.4) is 0 Å². The summed E-state index contributed by atoms with van der Waals surface area (Å²) in [4.78, 5) is 12.5. The quantitative estimate of drug-likeness (QED) is 0.593. The van der Waals surface area contributed by atoms with Crippen molar-refractivity contribution in [1.82, 2.24) is 0 Å². The summed E-state index contributed by atoms with van der Waals surface area (Å²) in [6.45, 7) is 0. The average molecular weight is 243 g/mol. The van der Waals surface area contributed by atoms with E-state index in [1.165, 1.54) is 0 Å². The fourth-order valence-electron chi connectivity index (χ4n) is 1.19. The van der Waals surface area contributed by atoms with Gasteiger partial charge in [0.15, 0.2) is 5.75 Å². The van der Waals surface area contributed by atoms with Crippen LogP contribution in [0.15, 0.2) is 29.2 Å². The minimum atomic E-state index is -1.02.